The summed E-state index contributed by atoms with van der Waals surface area (Å²) in [5, 5.41) is 4.03. The molecule has 1 aliphatic heterocycles. The van der Waals surface area contributed by atoms with Crippen LogP contribution in [0.3, 0.4) is 0 Å². The minimum absolute atomic E-state index is 0.238. The maximum atomic E-state index is 13.0. The first kappa shape index (κ1) is 19.1. The second-order valence-corrected chi connectivity index (χ2v) is 7.82. The normalized spacial score (nSPS) is 14.2. The Labute approximate surface area is 170 Å². The molecule has 2 heterocycles. The van der Waals surface area contributed by atoms with E-state index in [1.165, 1.54) is 6.42 Å². The third-order valence-electron chi connectivity index (χ3n) is 5.56. The fraction of sp³-hybridized carbons (Fsp3) is 0.304. The van der Waals surface area contributed by atoms with Gasteiger partial charge in [0.2, 0.25) is 5.91 Å². The minimum Gasteiger partial charge on any atom is -0.370 e. The molecule has 0 bridgehead atoms. The van der Waals surface area contributed by atoms with Gasteiger partial charge in [0.25, 0.3) is 5.91 Å². The lowest BCUT2D eigenvalue weighted by molar-refractivity contribution is 0.0995. The number of anilines is 2. The van der Waals surface area contributed by atoms with Crippen LogP contribution in [0, 0.1) is 13.8 Å². The van der Waals surface area contributed by atoms with E-state index in [-0.39, 0.29) is 5.91 Å². The van der Waals surface area contributed by atoms with E-state index in [0.29, 0.717) is 16.9 Å². The number of nitrogens with two attached hydrogens (primary N) is 1. The number of primary amides is 1. The number of carbonyl (C=O) groups excluding carboxylic acids is 2. The Morgan fingerprint density at radius 2 is 1.79 bits per heavy atom. The predicted molar refractivity (Wildman–Crippen MR) is 117 cm³/mol. The Hall–Kier alpha value is -3.28. The smallest absolute Gasteiger partial charge is 0.272 e. The van der Waals surface area contributed by atoms with E-state index in [1.807, 2.05) is 32.0 Å². The Morgan fingerprint density at radius 3 is 2.52 bits per heavy atom. The van der Waals surface area contributed by atoms with Crippen LogP contribution in [0.15, 0.2) is 36.4 Å². The standard InChI is InChI=1S/C23H26N4O2/c1-14-10-15(2)17-13-20(25-18(17)11-14)23(29)26-19-12-16(22(24)28)6-7-21(19)27-8-4-3-5-9-27/h6-7,10-13,25H,3-5,8-9H2,1-2H3,(H2,24,28)(H,26,29). The van der Waals surface area contributed by atoms with E-state index in [0.717, 1.165) is 53.6 Å². The summed E-state index contributed by atoms with van der Waals surface area (Å²) in [4.78, 5) is 30.2. The Morgan fingerprint density at radius 1 is 1.03 bits per heavy atom. The highest BCUT2D eigenvalue weighted by molar-refractivity contribution is 6.08. The van der Waals surface area contributed by atoms with Crippen molar-refractivity contribution in [3.63, 3.8) is 0 Å². The summed E-state index contributed by atoms with van der Waals surface area (Å²) in [5.41, 5.74) is 11.1. The molecule has 4 rings (SSSR count). The van der Waals surface area contributed by atoms with Crippen molar-refractivity contribution in [2.24, 2.45) is 5.73 Å². The number of aromatic nitrogens is 1. The molecule has 1 aromatic heterocycles. The molecule has 1 saturated heterocycles. The fourth-order valence-corrected chi connectivity index (χ4v) is 4.11. The highest BCUT2D eigenvalue weighted by atomic mass is 16.2. The number of H-pyrrole nitrogens is 1. The molecule has 29 heavy (non-hydrogen) atoms. The molecular weight excluding hydrogens is 364 g/mol. The maximum absolute atomic E-state index is 13.0. The number of aryl methyl sites for hydroxylation is 2. The predicted octanol–water partition coefficient (Wildman–Crippen LogP) is 4.13. The van der Waals surface area contributed by atoms with E-state index < -0.39 is 5.91 Å². The Kier molecular flexibility index (Phi) is 5.01. The van der Waals surface area contributed by atoms with Gasteiger partial charge >= 0.3 is 0 Å². The van der Waals surface area contributed by atoms with E-state index >= 15 is 0 Å². The SMILES string of the molecule is Cc1cc(C)c2cc(C(=O)Nc3cc(C(N)=O)ccc3N3CCCCC3)[nH]c2c1. The number of hydrogen-bond donors (Lipinski definition) is 3. The molecule has 4 N–H and O–H groups in total. The largest absolute Gasteiger partial charge is 0.370 e. The Bertz CT molecular complexity index is 1090. The molecule has 0 aliphatic carbocycles. The molecule has 0 unspecified atom stereocenters. The average molecular weight is 390 g/mol. The van der Waals surface area contributed by atoms with Gasteiger partial charge in [-0.3, -0.25) is 9.59 Å². The summed E-state index contributed by atoms with van der Waals surface area (Å²) in [6, 6.07) is 11.3. The van der Waals surface area contributed by atoms with Gasteiger partial charge in [0, 0.05) is 29.6 Å². The summed E-state index contributed by atoms with van der Waals surface area (Å²) in [7, 11) is 0. The first-order valence-corrected chi connectivity index (χ1v) is 10.0. The van der Waals surface area contributed by atoms with Gasteiger partial charge in [0.15, 0.2) is 0 Å². The number of hydrogen-bond acceptors (Lipinski definition) is 3. The number of benzene rings is 2. The molecular formula is C23H26N4O2. The van der Waals surface area contributed by atoms with Gasteiger partial charge in [-0.15, -0.1) is 0 Å². The lowest BCUT2D eigenvalue weighted by Crippen LogP contribution is -2.30. The van der Waals surface area contributed by atoms with Gasteiger partial charge in [0.05, 0.1) is 11.4 Å². The molecule has 0 spiro atoms. The van der Waals surface area contributed by atoms with Crippen molar-refractivity contribution in [2.75, 3.05) is 23.3 Å². The number of nitrogens with zero attached hydrogens (tertiary/aromatic N) is 1. The van der Waals surface area contributed by atoms with E-state index in [2.05, 4.69) is 21.3 Å². The number of rotatable bonds is 4. The van der Waals surface area contributed by atoms with Gasteiger partial charge in [-0.2, -0.15) is 0 Å². The number of amides is 2. The minimum atomic E-state index is -0.512. The molecule has 0 atom stereocenters. The van der Waals surface area contributed by atoms with Gasteiger partial charge in [0.1, 0.15) is 5.69 Å². The van der Waals surface area contributed by atoms with E-state index in [9.17, 15) is 9.59 Å². The van der Waals surface area contributed by atoms with Crippen molar-refractivity contribution in [3.8, 4) is 0 Å². The highest BCUT2D eigenvalue weighted by Gasteiger charge is 2.19. The van der Waals surface area contributed by atoms with Gasteiger partial charge in [-0.25, -0.2) is 0 Å². The third kappa shape index (κ3) is 3.83. The zero-order valence-corrected chi connectivity index (χ0v) is 16.8. The number of piperidine rings is 1. The zero-order chi connectivity index (χ0) is 20.5. The van der Waals surface area contributed by atoms with Gasteiger partial charge in [-0.05, 0) is 74.6 Å². The lowest BCUT2D eigenvalue weighted by atomic mass is 10.1. The highest BCUT2D eigenvalue weighted by Crippen LogP contribution is 2.30. The summed E-state index contributed by atoms with van der Waals surface area (Å²) >= 11 is 0. The first-order chi connectivity index (χ1) is 13.9. The summed E-state index contributed by atoms with van der Waals surface area (Å²) < 4.78 is 0. The number of fused-ring (bicyclic) bond motifs is 1. The van der Waals surface area contributed by atoms with Crippen LogP contribution in [0.5, 0.6) is 0 Å². The molecule has 150 valence electrons. The van der Waals surface area contributed by atoms with Crippen molar-refractivity contribution in [2.45, 2.75) is 33.1 Å². The van der Waals surface area contributed by atoms with Crippen molar-refractivity contribution in [3.05, 3.63) is 58.8 Å². The van der Waals surface area contributed by atoms with Crippen molar-refractivity contribution < 1.29 is 9.59 Å². The number of carbonyl (C=O) groups is 2. The van der Waals surface area contributed by atoms with Crippen LogP contribution in [0.2, 0.25) is 0 Å². The topological polar surface area (TPSA) is 91.2 Å². The van der Waals surface area contributed by atoms with E-state index in [1.54, 1.807) is 12.1 Å². The van der Waals surface area contributed by atoms with E-state index in [4.69, 9.17) is 5.73 Å². The van der Waals surface area contributed by atoms with Crippen molar-refractivity contribution >= 4 is 34.1 Å². The first-order valence-electron chi connectivity index (χ1n) is 10.0. The molecule has 1 fully saturated rings. The molecule has 0 saturated carbocycles. The molecule has 2 aromatic carbocycles. The van der Waals surface area contributed by atoms with Gasteiger partial charge in [-0.1, -0.05) is 6.07 Å². The second-order valence-electron chi connectivity index (χ2n) is 7.82. The molecule has 1 aliphatic rings. The third-order valence-corrected chi connectivity index (χ3v) is 5.56. The summed E-state index contributed by atoms with van der Waals surface area (Å²) in [6.07, 6.45) is 3.45. The number of nitrogens with one attached hydrogen (secondary N) is 2. The molecule has 2 amide bonds. The summed E-state index contributed by atoms with van der Waals surface area (Å²) in [6.45, 7) is 5.94. The Balaban J connectivity index is 1.68. The maximum Gasteiger partial charge on any atom is 0.272 e. The van der Waals surface area contributed by atoms with Crippen LogP contribution in [-0.4, -0.2) is 29.9 Å². The van der Waals surface area contributed by atoms with Crippen molar-refractivity contribution in [1.29, 1.82) is 0 Å². The lowest BCUT2D eigenvalue weighted by Gasteiger charge is -2.30. The number of aromatic amines is 1. The van der Waals surface area contributed by atoms with Crippen LogP contribution in [-0.2, 0) is 0 Å². The average Bonchev–Trinajstić information content (AvgIpc) is 3.13. The van der Waals surface area contributed by atoms with Crippen LogP contribution in [0.25, 0.3) is 10.9 Å². The van der Waals surface area contributed by atoms with Gasteiger partial charge < -0.3 is 20.9 Å². The van der Waals surface area contributed by atoms with Crippen LogP contribution in [0.4, 0.5) is 11.4 Å². The molecule has 6 heteroatoms. The van der Waals surface area contributed by atoms with Crippen LogP contribution >= 0.6 is 0 Å². The quantitative estimate of drug-likeness (QED) is 0.626. The zero-order valence-electron chi connectivity index (χ0n) is 16.8. The fourth-order valence-electron chi connectivity index (χ4n) is 4.11. The second kappa shape index (κ2) is 7.62. The molecule has 0 radical (unpaired) electrons. The monoisotopic (exact) mass is 390 g/mol. The molecule has 6 nitrogen and oxygen atoms in total. The van der Waals surface area contributed by atoms with Crippen molar-refractivity contribution in [1.82, 2.24) is 4.98 Å². The summed E-state index contributed by atoms with van der Waals surface area (Å²) in [5.74, 6) is -0.750. The van der Waals surface area contributed by atoms with Crippen LogP contribution in [0.1, 0.15) is 51.2 Å². The molecule has 3 aromatic rings. The van der Waals surface area contributed by atoms with Crippen LogP contribution < -0.4 is 16.0 Å².